The van der Waals surface area contributed by atoms with Crippen LogP contribution in [0.1, 0.15) is 206 Å². The monoisotopic (exact) mass is 618 g/mol. The molecular formula is C42H83NO. The van der Waals surface area contributed by atoms with E-state index >= 15 is 0 Å². The third kappa shape index (κ3) is 37.6. The summed E-state index contributed by atoms with van der Waals surface area (Å²) in [5.41, 5.74) is 0. The Hall–Kier alpha value is -0.600. The molecule has 0 aromatic carbocycles. The topological polar surface area (TPSA) is 12.5 Å². The van der Waals surface area contributed by atoms with E-state index in [0.717, 1.165) is 19.6 Å². The first-order valence-corrected chi connectivity index (χ1v) is 20.2. The third-order valence-corrected chi connectivity index (χ3v) is 9.18. The summed E-state index contributed by atoms with van der Waals surface area (Å²) in [6, 6.07) is 0. The van der Waals surface area contributed by atoms with E-state index in [1.807, 2.05) is 0 Å². The van der Waals surface area contributed by atoms with Gasteiger partial charge in [0.05, 0.1) is 6.61 Å². The Labute approximate surface area is 279 Å². The summed E-state index contributed by atoms with van der Waals surface area (Å²) in [6.07, 6.45) is 51.0. The zero-order valence-corrected chi connectivity index (χ0v) is 31.1. The number of hydrogen-bond acceptors (Lipinski definition) is 2. The quantitative estimate of drug-likeness (QED) is 0.0508. The van der Waals surface area contributed by atoms with E-state index < -0.39 is 0 Å². The molecule has 0 radical (unpaired) electrons. The van der Waals surface area contributed by atoms with Gasteiger partial charge in [-0.1, -0.05) is 186 Å². The molecule has 0 aliphatic carbocycles. The van der Waals surface area contributed by atoms with Crippen LogP contribution in [0.5, 0.6) is 0 Å². The van der Waals surface area contributed by atoms with Gasteiger partial charge in [0.2, 0.25) is 0 Å². The van der Waals surface area contributed by atoms with Crippen molar-refractivity contribution in [2.45, 2.75) is 206 Å². The molecule has 0 aliphatic rings. The van der Waals surface area contributed by atoms with Gasteiger partial charge in [0.25, 0.3) is 0 Å². The minimum atomic E-state index is 0.700. The summed E-state index contributed by atoms with van der Waals surface area (Å²) in [5.74, 6) is 0.700. The van der Waals surface area contributed by atoms with Crippen molar-refractivity contribution in [3.8, 4) is 0 Å². The molecule has 0 amide bonds. The molecule has 0 aliphatic heterocycles. The van der Waals surface area contributed by atoms with Crippen molar-refractivity contribution in [1.29, 1.82) is 0 Å². The Bertz CT molecular complexity index is 568. The number of nitrogens with zero attached hydrogens (tertiary/aromatic N) is 1. The Kier molecular flexibility index (Phi) is 38.1. The van der Waals surface area contributed by atoms with E-state index in [1.54, 1.807) is 0 Å². The number of hydrogen-bond donors (Lipinski definition) is 0. The second kappa shape index (κ2) is 38.6. The maximum Gasteiger partial charge on any atom is 0.0506 e. The number of unbranched alkanes of at least 4 members (excludes halogenated alkanes) is 25. The minimum absolute atomic E-state index is 0.700. The predicted molar refractivity (Wildman–Crippen MR) is 201 cm³/mol. The maximum atomic E-state index is 6.16. The van der Waals surface area contributed by atoms with E-state index in [4.69, 9.17) is 4.74 Å². The molecule has 2 nitrogen and oxygen atoms in total. The van der Waals surface area contributed by atoms with Crippen molar-refractivity contribution < 1.29 is 4.74 Å². The van der Waals surface area contributed by atoms with Gasteiger partial charge in [-0.05, 0) is 65.0 Å². The lowest BCUT2D eigenvalue weighted by Gasteiger charge is -2.21. The largest absolute Gasteiger partial charge is 0.381 e. The van der Waals surface area contributed by atoms with Crippen molar-refractivity contribution in [2.24, 2.45) is 5.92 Å². The fraction of sp³-hybridized carbons (Fsp3) is 0.905. The summed E-state index contributed by atoms with van der Waals surface area (Å²) in [4.78, 5) is 2.35. The SMILES string of the molecule is CCCCC/C=C\C/C=C\CCCCCCCCOCC(CCCCCCCCCCCCCCCCCCC)CN(C)C. The lowest BCUT2D eigenvalue weighted by molar-refractivity contribution is 0.0816. The van der Waals surface area contributed by atoms with Gasteiger partial charge in [-0.15, -0.1) is 0 Å². The zero-order chi connectivity index (χ0) is 32.0. The molecule has 0 fully saturated rings. The molecule has 44 heavy (non-hydrogen) atoms. The molecule has 0 aromatic rings. The van der Waals surface area contributed by atoms with Gasteiger partial charge in [-0.3, -0.25) is 0 Å². The van der Waals surface area contributed by atoms with Crippen LogP contribution >= 0.6 is 0 Å². The standard InChI is InChI=1S/C42H83NO/c1-5-7-9-11-13-15-17-19-21-23-24-26-28-30-32-34-36-38-42(40-43(3)4)41-44-39-37-35-33-31-29-27-25-22-20-18-16-14-12-10-8-6-2/h14,16,20,22,42H,5-13,15,17-19,21,23-41H2,1-4H3/b16-14-,22-20-. The molecule has 2 heteroatoms. The fourth-order valence-corrected chi connectivity index (χ4v) is 6.34. The summed E-state index contributed by atoms with van der Waals surface area (Å²) in [7, 11) is 4.42. The zero-order valence-electron chi connectivity index (χ0n) is 31.1. The first-order valence-electron chi connectivity index (χ1n) is 20.2. The average molecular weight is 618 g/mol. The Morgan fingerprint density at radius 2 is 0.841 bits per heavy atom. The van der Waals surface area contributed by atoms with Gasteiger partial charge in [-0.25, -0.2) is 0 Å². The van der Waals surface area contributed by atoms with Crippen LogP contribution in [-0.4, -0.2) is 38.8 Å². The minimum Gasteiger partial charge on any atom is -0.381 e. The molecule has 0 bridgehead atoms. The molecule has 0 N–H and O–H groups in total. The van der Waals surface area contributed by atoms with E-state index in [1.165, 1.54) is 193 Å². The molecule has 0 heterocycles. The van der Waals surface area contributed by atoms with Crippen LogP contribution in [0, 0.1) is 5.92 Å². The van der Waals surface area contributed by atoms with Crippen LogP contribution in [-0.2, 0) is 4.74 Å². The summed E-state index contributed by atoms with van der Waals surface area (Å²) in [6.45, 7) is 7.66. The van der Waals surface area contributed by atoms with Gasteiger partial charge in [0.1, 0.15) is 0 Å². The highest BCUT2D eigenvalue weighted by Gasteiger charge is 2.10. The van der Waals surface area contributed by atoms with Crippen molar-refractivity contribution in [3.63, 3.8) is 0 Å². The number of allylic oxidation sites excluding steroid dienone is 4. The molecule has 0 aromatic heterocycles. The maximum absolute atomic E-state index is 6.16. The molecule has 0 saturated heterocycles. The fourth-order valence-electron chi connectivity index (χ4n) is 6.34. The summed E-state index contributed by atoms with van der Waals surface area (Å²) < 4.78 is 6.16. The molecule has 0 saturated carbocycles. The van der Waals surface area contributed by atoms with E-state index in [2.05, 4.69) is 57.1 Å². The van der Waals surface area contributed by atoms with Gasteiger partial charge in [0.15, 0.2) is 0 Å². The van der Waals surface area contributed by atoms with E-state index in [-0.39, 0.29) is 0 Å². The van der Waals surface area contributed by atoms with Crippen molar-refractivity contribution in [2.75, 3.05) is 33.9 Å². The van der Waals surface area contributed by atoms with Crippen LogP contribution in [0.4, 0.5) is 0 Å². The van der Waals surface area contributed by atoms with Crippen molar-refractivity contribution in [1.82, 2.24) is 4.90 Å². The van der Waals surface area contributed by atoms with E-state index in [0.29, 0.717) is 5.92 Å². The normalized spacial score (nSPS) is 12.8. The molecule has 1 unspecified atom stereocenters. The first kappa shape index (κ1) is 43.4. The lowest BCUT2D eigenvalue weighted by atomic mass is 9.99. The summed E-state index contributed by atoms with van der Waals surface area (Å²) >= 11 is 0. The predicted octanol–water partition coefficient (Wildman–Crippen LogP) is 14.0. The third-order valence-electron chi connectivity index (χ3n) is 9.18. The Morgan fingerprint density at radius 3 is 1.32 bits per heavy atom. The second-order valence-electron chi connectivity index (χ2n) is 14.2. The molecule has 0 rings (SSSR count). The van der Waals surface area contributed by atoms with Crippen LogP contribution in [0.3, 0.4) is 0 Å². The van der Waals surface area contributed by atoms with Crippen molar-refractivity contribution >= 4 is 0 Å². The average Bonchev–Trinajstić information content (AvgIpc) is 3.01. The lowest BCUT2D eigenvalue weighted by Crippen LogP contribution is -2.25. The first-order chi connectivity index (χ1) is 21.7. The molecule has 0 spiro atoms. The second-order valence-corrected chi connectivity index (χ2v) is 14.2. The van der Waals surface area contributed by atoms with Crippen LogP contribution in [0.25, 0.3) is 0 Å². The van der Waals surface area contributed by atoms with Gasteiger partial charge < -0.3 is 9.64 Å². The molecule has 1 atom stereocenters. The van der Waals surface area contributed by atoms with Crippen molar-refractivity contribution in [3.05, 3.63) is 24.3 Å². The van der Waals surface area contributed by atoms with Gasteiger partial charge >= 0.3 is 0 Å². The smallest absolute Gasteiger partial charge is 0.0506 e. The highest BCUT2D eigenvalue weighted by atomic mass is 16.5. The van der Waals surface area contributed by atoms with E-state index in [9.17, 15) is 0 Å². The van der Waals surface area contributed by atoms with Gasteiger partial charge in [-0.2, -0.15) is 0 Å². The number of ether oxygens (including phenoxy) is 1. The number of rotatable bonds is 37. The molecular weight excluding hydrogens is 534 g/mol. The highest BCUT2D eigenvalue weighted by Crippen LogP contribution is 2.17. The highest BCUT2D eigenvalue weighted by molar-refractivity contribution is 4.92. The Morgan fingerprint density at radius 1 is 0.455 bits per heavy atom. The summed E-state index contributed by atoms with van der Waals surface area (Å²) in [5, 5.41) is 0. The Balaban J connectivity index is 3.51. The van der Waals surface area contributed by atoms with Crippen LogP contribution in [0.15, 0.2) is 24.3 Å². The molecule has 262 valence electrons. The van der Waals surface area contributed by atoms with Crippen LogP contribution < -0.4 is 0 Å². The van der Waals surface area contributed by atoms with Gasteiger partial charge in [0, 0.05) is 13.2 Å². The van der Waals surface area contributed by atoms with Crippen LogP contribution in [0.2, 0.25) is 0 Å².